The summed E-state index contributed by atoms with van der Waals surface area (Å²) in [6.07, 6.45) is -3.76. The standard InChI is InChI=1S/C15H12BF3N4O2/c1-7-11-4-8(2-3-10(11)14(20)23-22-7)9-5-12(16(24)25)13(21-6-9)15(17,18)19/h2-6,24-25H,1H3,(H2,20,23). The van der Waals surface area contributed by atoms with Crippen LogP contribution in [0.25, 0.3) is 21.9 Å². The minimum Gasteiger partial charge on any atom is -0.423 e. The van der Waals surface area contributed by atoms with Crippen LogP contribution in [-0.2, 0) is 6.18 Å². The smallest absolute Gasteiger partial charge is 0.423 e. The van der Waals surface area contributed by atoms with Gasteiger partial charge in [0.15, 0.2) is 5.82 Å². The lowest BCUT2D eigenvalue weighted by molar-refractivity contribution is -0.140. The predicted molar refractivity (Wildman–Crippen MR) is 86.7 cm³/mol. The average Bonchev–Trinajstić information content (AvgIpc) is 2.56. The zero-order valence-corrected chi connectivity index (χ0v) is 12.9. The number of alkyl halides is 3. The number of aromatic nitrogens is 3. The van der Waals surface area contributed by atoms with Gasteiger partial charge in [0, 0.05) is 22.4 Å². The second-order valence-corrected chi connectivity index (χ2v) is 5.46. The number of benzene rings is 1. The quantitative estimate of drug-likeness (QED) is 0.603. The van der Waals surface area contributed by atoms with E-state index in [0.717, 1.165) is 12.3 Å². The van der Waals surface area contributed by atoms with Crippen molar-refractivity contribution in [1.29, 1.82) is 0 Å². The third kappa shape index (κ3) is 3.13. The van der Waals surface area contributed by atoms with E-state index in [9.17, 15) is 23.2 Å². The fourth-order valence-electron chi connectivity index (χ4n) is 2.56. The van der Waals surface area contributed by atoms with Gasteiger partial charge in [0.1, 0.15) is 5.69 Å². The number of hydrogen-bond acceptors (Lipinski definition) is 6. The highest BCUT2D eigenvalue weighted by molar-refractivity contribution is 6.59. The molecule has 0 aliphatic rings. The molecule has 1 aromatic carbocycles. The lowest BCUT2D eigenvalue weighted by atomic mass is 9.77. The molecule has 6 nitrogen and oxygen atoms in total. The Hall–Kier alpha value is -2.72. The van der Waals surface area contributed by atoms with E-state index in [4.69, 9.17) is 5.73 Å². The third-order valence-electron chi connectivity index (χ3n) is 3.79. The molecule has 2 aromatic heterocycles. The van der Waals surface area contributed by atoms with Crippen LogP contribution in [-0.4, -0.2) is 32.3 Å². The number of aryl methyl sites for hydroxylation is 1. The van der Waals surface area contributed by atoms with Crippen LogP contribution >= 0.6 is 0 Å². The molecule has 10 heteroatoms. The molecule has 0 amide bonds. The maximum atomic E-state index is 12.9. The van der Waals surface area contributed by atoms with Gasteiger partial charge in [-0.1, -0.05) is 12.1 Å². The highest BCUT2D eigenvalue weighted by Gasteiger charge is 2.38. The Morgan fingerprint density at radius 1 is 1.04 bits per heavy atom. The molecule has 3 rings (SSSR count). The monoisotopic (exact) mass is 348 g/mol. The second kappa shape index (κ2) is 5.98. The van der Waals surface area contributed by atoms with Gasteiger partial charge < -0.3 is 15.8 Å². The molecule has 0 aliphatic heterocycles. The van der Waals surface area contributed by atoms with Crippen LogP contribution in [0.15, 0.2) is 30.5 Å². The summed E-state index contributed by atoms with van der Waals surface area (Å²) in [5.41, 5.74) is 5.16. The Morgan fingerprint density at radius 2 is 1.76 bits per heavy atom. The van der Waals surface area contributed by atoms with Crippen molar-refractivity contribution in [2.24, 2.45) is 0 Å². The summed E-state index contributed by atoms with van der Waals surface area (Å²) in [5, 5.41) is 27.6. The number of halogens is 3. The van der Waals surface area contributed by atoms with E-state index in [1.54, 1.807) is 25.1 Å². The molecule has 0 radical (unpaired) electrons. The fourth-order valence-corrected chi connectivity index (χ4v) is 2.56. The van der Waals surface area contributed by atoms with Crippen molar-refractivity contribution in [2.75, 3.05) is 5.73 Å². The van der Waals surface area contributed by atoms with Crippen LogP contribution in [0.3, 0.4) is 0 Å². The molecule has 4 N–H and O–H groups in total. The van der Waals surface area contributed by atoms with Crippen molar-refractivity contribution in [3.05, 3.63) is 41.9 Å². The Labute approximate surface area is 140 Å². The molecule has 0 atom stereocenters. The molecule has 2 heterocycles. The first-order valence-corrected chi connectivity index (χ1v) is 7.14. The number of rotatable bonds is 2. The molecule has 0 aliphatic carbocycles. The first kappa shape index (κ1) is 17.1. The van der Waals surface area contributed by atoms with Crippen LogP contribution < -0.4 is 11.2 Å². The summed E-state index contributed by atoms with van der Waals surface area (Å²) in [5.74, 6) is 0.240. The number of anilines is 1. The van der Waals surface area contributed by atoms with Gasteiger partial charge in [-0.25, -0.2) is 0 Å². The summed E-state index contributed by atoms with van der Waals surface area (Å²) in [7, 11) is -2.30. The minimum atomic E-state index is -4.79. The van der Waals surface area contributed by atoms with Crippen molar-refractivity contribution in [1.82, 2.24) is 15.2 Å². The van der Waals surface area contributed by atoms with Gasteiger partial charge in [0.25, 0.3) is 0 Å². The van der Waals surface area contributed by atoms with Gasteiger partial charge in [-0.3, -0.25) is 4.98 Å². The summed E-state index contributed by atoms with van der Waals surface area (Å²) in [6, 6.07) is 6.05. The van der Waals surface area contributed by atoms with Crippen molar-refractivity contribution < 1.29 is 23.2 Å². The molecule has 0 spiro atoms. The molecule has 3 aromatic rings. The van der Waals surface area contributed by atoms with Gasteiger partial charge >= 0.3 is 13.3 Å². The van der Waals surface area contributed by atoms with Gasteiger partial charge in [-0.05, 0) is 30.2 Å². The van der Waals surface area contributed by atoms with E-state index in [1.807, 2.05) is 0 Å². The Bertz CT molecular complexity index is 963. The van der Waals surface area contributed by atoms with Crippen LogP contribution in [0.4, 0.5) is 19.0 Å². The van der Waals surface area contributed by atoms with Crippen molar-refractivity contribution >= 4 is 29.2 Å². The molecule has 0 fully saturated rings. The van der Waals surface area contributed by atoms with Crippen LogP contribution in [0.2, 0.25) is 0 Å². The van der Waals surface area contributed by atoms with Crippen molar-refractivity contribution in [3.63, 3.8) is 0 Å². The number of nitrogens with zero attached hydrogens (tertiary/aromatic N) is 3. The summed E-state index contributed by atoms with van der Waals surface area (Å²) >= 11 is 0. The normalized spacial score (nSPS) is 11.8. The van der Waals surface area contributed by atoms with Crippen LogP contribution in [0, 0.1) is 6.92 Å². The van der Waals surface area contributed by atoms with Crippen LogP contribution in [0.1, 0.15) is 11.4 Å². The van der Waals surface area contributed by atoms with E-state index in [-0.39, 0.29) is 5.82 Å². The number of nitrogen functional groups attached to an aromatic ring is 1. The molecule has 0 saturated carbocycles. The van der Waals surface area contributed by atoms with Gasteiger partial charge in [0.05, 0.1) is 5.69 Å². The zero-order valence-electron chi connectivity index (χ0n) is 12.9. The molecule has 0 unspecified atom stereocenters. The summed E-state index contributed by atoms with van der Waals surface area (Å²) in [4.78, 5) is 3.37. The van der Waals surface area contributed by atoms with Crippen LogP contribution in [0.5, 0.6) is 0 Å². The minimum absolute atomic E-state index is 0.240. The summed E-state index contributed by atoms with van der Waals surface area (Å²) < 4.78 is 38.8. The first-order chi connectivity index (χ1) is 11.7. The Balaban J connectivity index is 2.18. The maximum Gasteiger partial charge on any atom is 0.490 e. The lowest BCUT2D eigenvalue weighted by Gasteiger charge is -2.13. The maximum absolute atomic E-state index is 12.9. The van der Waals surface area contributed by atoms with E-state index < -0.39 is 24.5 Å². The highest BCUT2D eigenvalue weighted by atomic mass is 19.4. The topological polar surface area (TPSA) is 105 Å². The van der Waals surface area contributed by atoms with E-state index in [0.29, 0.717) is 27.6 Å². The number of hydrogen-bond donors (Lipinski definition) is 3. The largest absolute Gasteiger partial charge is 0.490 e. The molecular weight excluding hydrogens is 336 g/mol. The summed E-state index contributed by atoms with van der Waals surface area (Å²) in [6.45, 7) is 1.73. The number of pyridine rings is 1. The average molecular weight is 348 g/mol. The van der Waals surface area contributed by atoms with Gasteiger partial charge in [0.2, 0.25) is 0 Å². The predicted octanol–water partition coefficient (Wildman–Crippen LogP) is 1.28. The third-order valence-corrected chi connectivity index (χ3v) is 3.79. The van der Waals surface area contributed by atoms with Gasteiger partial charge in [-0.15, -0.1) is 5.10 Å². The van der Waals surface area contributed by atoms with Crippen molar-refractivity contribution in [3.8, 4) is 11.1 Å². The molecule has 0 saturated heterocycles. The SMILES string of the molecule is Cc1nnc(N)c2ccc(-c3cnc(C(F)(F)F)c(B(O)O)c3)cc12. The van der Waals surface area contributed by atoms with Crippen molar-refractivity contribution in [2.45, 2.75) is 13.1 Å². The molecule has 0 bridgehead atoms. The fraction of sp³-hybridized carbons (Fsp3) is 0.133. The highest BCUT2D eigenvalue weighted by Crippen LogP contribution is 2.30. The zero-order chi connectivity index (χ0) is 18.4. The number of fused-ring (bicyclic) bond motifs is 1. The first-order valence-electron chi connectivity index (χ1n) is 7.14. The second-order valence-electron chi connectivity index (χ2n) is 5.46. The molecule has 25 heavy (non-hydrogen) atoms. The van der Waals surface area contributed by atoms with E-state index >= 15 is 0 Å². The number of nitrogens with two attached hydrogens (primary N) is 1. The van der Waals surface area contributed by atoms with E-state index in [1.165, 1.54) is 0 Å². The van der Waals surface area contributed by atoms with E-state index in [2.05, 4.69) is 15.2 Å². The Morgan fingerprint density at radius 3 is 2.40 bits per heavy atom. The molecular formula is C15H12BF3N4O2. The lowest BCUT2D eigenvalue weighted by Crippen LogP contribution is -2.37. The molecule has 128 valence electrons. The Kier molecular flexibility index (Phi) is 4.09. The van der Waals surface area contributed by atoms with Gasteiger partial charge in [-0.2, -0.15) is 18.3 Å².